The van der Waals surface area contributed by atoms with E-state index in [0.29, 0.717) is 0 Å². The van der Waals surface area contributed by atoms with Gasteiger partial charge in [0.25, 0.3) is 0 Å². The lowest BCUT2D eigenvalue weighted by Crippen LogP contribution is -2.15. The van der Waals surface area contributed by atoms with Crippen molar-refractivity contribution < 1.29 is 0 Å². The van der Waals surface area contributed by atoms with Crippen LogP contribution in [0.5, 0.6) is 0 Å². The van der Waals surface area contributed by atoms with Gasteiger partial charge >= 0.3 is 0 Å². The van der Waals surface area contributed by atoms with Crippen molar-refractivity contribution in [3.8, 4) is 11.1 Å². The molecule has 2 aromatic carbocycles. The van der Waals surface area contributed by atoms with E-state index in [1.807, 2.05) is 0 Å². The zero-order chi connectivity index (χ0) is 14.5. The smallest absolute Gasteiger partial charge is 0.0367 e. The molecule has 2 nitrogen and oxygen atoms in total. The highest BCUT2D eigenvalue weighted by molar-refractivity contribution is 5.68. The highest BCUT2D eigenvalue weighted by Crippen LogP contribution is 2.24. The van der Waals surface area contributed by atoms with Crippen LogP contribution in [0.4, 0.5) is 5.69 Å². The summed E-state index contributed by atoms with van der Waals surface area (Å²) >= 11 is 0. The van der Waals surface area contributed by atoms with Crippen molar-refractivity contribution in [2.75, 3.05) is 19.0 Å². The quantitative estimate of drug-likeness (QED) is 0.896. The first kappa shape index (κ1) is 14.6. The fourth-order valence-electron chi connectivity index (χ4n) is 2.22. The van der Waals surface area contributed by atoms with Gasteiger partial charge in [-0.15, -0.1) is 0 Å². The first-order chi connectivity index (χ1) is 9.56. The van der Waals surface area contributed by atoms with Gasteiger partial charge in [0.2, 0.25) is 0 Å². The van der Waals surface area contributed by atoms with E-state index in [1.54, 1.807) is 0 Å². The number of nitrogens with two attached hydrogens (primary N) is 1. The number of hydrogen-bond acceptors (Lipinski definition) is 2. The Bertz CT molecular complexity index is 542. The van der Waals surface area contributed by atoms with E-state index in [0.717, 1.165) is 12.8 Å². The third kappa shape index (κ3) is 3.84. The molecular formula is C18H24N2. The van der Waals surface area contributed by atoms with Gasteiger partial charge in [0.15, 0.2) is 0 Å². The summed E-state index contributed by atoms with van der Waals surface area (Å²) in [6.45, 7) is 2.06. The topological polar surface area (TPSA) is 29.3 Å². The summed E-state index contributed by atoms with van der Waals surface area (Å²) in [5.41, 5.74) is 10.9. The van der Waals surface area contributed by atoms with Crippen molar-refractivity contribution in [1.29, 1.82) is 0 Å². The molecule has 106 valence electrons. The second-order valence-corrected chi connectivity index (χ2v) is 5.66. The normalized spacial score (nSPS) is 12.2. The van der Waals surface area contributed by atoms with Crippen molar-refractivity contribution in [2.45, 2.75) is 25.8 Å². The largest absolute Gasteiger partial charge is 0.378 e. The second-order valence-electron chi connectivity index (χ2n) is 5.66. The molecule has 0 aliphatic carbocycles. The summed E-state index contributed by atoms with van der Waals surface area (Å²) < 4.78 is 0. The summed E-state index contributed by atoms with van der Waals surface area (Å²) in [7, 11) is 4.13. The Kier molecular flexibility index (Phi) is 4.80. The van der Waals surface area contributed by atoms with Crippen LogP contribution in [0, 0.1) is 0 Å². The van der Waals surface area contributed by atoms with Crippen LogP contribution in [0.2, 0.25) is 0 Å². The molecule has 0 heterocycles. The van der Waals surface area contributed by atoms with Crippen molar-refractivity contribution in [3.63, 3.8) is 0 Å². The van der Waals surface area contributed by atoms with Gasteiger partial charge in [0.05, 0.1) is 0 Å². The van der Waals surface area contributed by atoms with E-state index in [-0.39, 0.29) is 6.04 Å². The standard InChI is InChI=1S/C18H24N2/c1-14(19)7-8-15-9-11-16(12-10-15)17-5-4-6-18(13-17)20(2)3/h4-6,9-14H,7-8,19H2,1-3H3. The van der Waals surface area contributed by atoms with Gasteiger partial charge in [0.1, 0.15) is 0 Å². The molecule has 2 rings (SSSR count). The van der Waals surface area contributed by atoms with E-state index in [1.165, 1.54) is 22.4 Å². The molecule has 1 unspecified atom stereocenters. The summed E-state index contributed by atoms with van der Waals surface area (Å²) in [6.07, 6.45) is 2.09. The molecular weight excluding hydrogens is 244 g/mol. The van der Waals surface area contributed by atoms with Crippen molar-refractivity contribution in [3.05, 3.63) is 54.1 Å². The average Bonchev–Trinajstić information content (AvgIpc) is 2.46. The lowest BCUT2D eigenvalue weighted by molar-refractivity contribution is 0.666. The first-order valence-corrected chi connectivity index (χ1v) is 7.18. The molecule has 2 heteroatoms. The maximum Gasteiger partial charge on any atom is 0.0367 e. The molecule has 2 aromatic rings. The van der Waals surface area contributed by atoms with Gasteiger partial charge in [0, 0.05) is 25.8 Å². The van der Waals surface area contributed by atoms with E-state index in [4.69, 9.17) is 5.73 Å². The zero-order valence-electron chi connectivity index (χ0n) is 12.6. The molecule has 0 bridgehead atoms. The number of nitrogens with zero attached hydrogens (tertiary/aromatic N) is 1. The molecule has 1 atom stereocenters. The van der Waals surface area contributed by atoms with Crippen molar-refractivity contribution in [2.24, 2.45) is 5.73 Å². The maximum atomic E-state index is 5.80. The summed E-state index contributed by atoms with van der Waals surface area (Å²) in [5.74, 6) is 0. The number of aryl methyl sites for hydroxylation is 1. The van der Waals surface area contributed by atoms with Gasteiger partial charge in [-0.3, -0.25) is 0 Å². The Labute approximate surface area is 122 Å². The van der Waals surface area contributed by atoms with Gasteiger partial charge in [-0.2, -0.15) is 0 Å². The van der Waals surface area contributed by atoms with Crippen LogP contribution < -0.4 is 10.6 Å². The Morgan fingerprint density at radius 3 is 2.30 bits per heavy atom. The lowest BCUT2D eigenvalue weighted by Gasteiger charge is -2.14. The van der Waals surface area contributed by atoms with Crippen molar-refractivity contribution >= 4 is 5.69 Å². The summed E-state index contributed by atoms with van der Waals surface area (Å²) in [5, 5.41) is 0. The van der Waals surface area contributed by atoms with E-state index < -0.39 is 0 Å². The van der Waals surface area contributed by atoms with Crippen molar-refractivity contribution in [1.82, 2.24) is 0 Å². The minimum Gasteiger partial charge on any atom is -0.378 e. The van der Waals surface area contributed by atoms with E-state index >= 15 is 0 Å². The number of benzene rings is 2. The number of anilines is 1. The highest BCUT2D eigenvalue weighted by Gasteiger charge is 2.02. The molecule has 0 radical (unpaired) electrons. The Balaban J connectivity index is 2.15. The van der Waals surface area contributed by atoms with Gasteiger partial charge < -0.3 is 10.6 Å². The number of rotatable bonds is 5. The molecule has 0 aliphatic rings. The molecule has 0 aliphatic heterocycles. The third-order valence-electron chi connectivity index (χ3n) is 3.54. The van der Waals surface area contributed by atoms with E-state index in [9.17, 15) is 0 Å². The fourth-order valence-corrected chi connectivity index (χ4v) is 2.22. The molecule has 0 amide bonds. The van der Waals surface area contributed by atoms with Gasteiger partial charge in [-0.05, 0) is 48.6 Å². The Morgan fingerprint density at radius 1 is 1.00 bits per heavy atom. The van der Waals surface area contributed by atoms with Gasteiger partial charge in [-0.1, -0.05) is 36.4 Å². The zero-order valence-corrected chi connectivity index (χ0v) is 12.6. The minimum atomic E-state index is 0.270. The Hall–Kier alpha value is -1.80. The van der Waals surface area contributed by atoms with Crippen LogP contribution in [0.3, 0.4) is 0 Å². The monoisotopic (exact) mass is 268 g/mol. The fraction of sp³-hybridized carbons (Fsp3) is 0.333. The SMILES string of the molecule is CC(N)CCc1ccc(-c2cccc(N(C)C)c2)cc1. The van der Waals surface area contributed by atoms with Gasteiger partial charge in [-0.25, -0.2) is 0 Å². The average molecular weight is 268 g/mol. The van der Waals surface area contributed by atoms with Crippen LogP contribution in [-0.4, -0.2) is 20.1 Å². The summed E-state index contributed by atoms with van der Waals surface area (Å²) in [4.78, 5) is 2.13. The molecule has 0 saturated heterocycles. The third-order valence-corrected chi connectivity index (χ3v) is 3.54. The van der Waals surface area contributed by atoms with Crippen LogP contribution in [0.25, 0.3) is 11.1 Å². The molecule has 0 spiro atoms. The predicted molar refractivity (Wildman–Crippen MR) is 88.2 cm³/mol. The second kappa shape index (κ2) is 6.58. The number of hydrogen-bond donors (Lipinski definition) is 1. The molecule has 0 saturated carbocycles. The minimum absolute atomic E-state index is 0.270. The van der Waals surface area contributed by atoms with Crippen LogP contribution in [-0.2, 0) is 6.42 Å². The highest BCUT2D eigenvalue weighted by atomic mass is 15.1. The molecule has 20 heavy (non-hydrogen) atoms. The van der Waals surface area contributed by atoms with Crippen LogP contribution in [0.15, 0.2) is 48.5 Å². The van der Waals surface area contributed by atoms with Crippen LogP contribution >= 0.6 is 0 Å². The first-order valence-electron chi connectivity index (χ1n) is 7.18. The maximum absolute atomic E-state index is 5.80. The Morgan fingerprint density at radius 2 is 1.70 bits per heavy atom. The molecule has 2 N–H and O–H groups in total. The van der Waals surface area contributed by atoms with Crippen LogP contribution in [0.1, 0.15) is 18.9 Å². The molecule has 0 fully saturated rings. The van der Waals surface area contributed by atoms with E-state index in [2.05, 4.69) is 74.4 Å². The lowest BCUT2D eigenvalue weighted by atomic mass is 10.0. The summed E-state index contributed by atoms with van der Waals surface area (Å²) in [6, 6.07) is 17.7. The molecule has 0 aromatic heterocycles. The predicted octanol–water partition coefficient (Wildman–Crippen LogP) is 3.70.